The summed E-state index contributed by atoms with van der Waals surface area (Å²) >= 11 is 0. The summed E-state index contributed by atoms with van der Waals surface area (Å²) in [4.78, 5) is 13.5. The maximum Gasteiger partial charge on any atom is 0.306 e. The van der Waals surface area contributed by atoms with Crippen molar-refractivity contribution in [2.45, 2.75) is 12.5 Å². The zero-order chi connectivity index (χ0) is 17.8. The van der Waals surface area contributed by atoms with Crippen molar-refractivity contribution in [2.75, 3.05) is 20.2 Å². The second-order valence-corrected chi connectivity index (χ2v) is 5.97. The van der Waals surface area contributed by atoms with Crippen LogP contribution in [0.3, 0.4) is 0 Å². The van der Waals surface area contributed by atoms with Gasteiger partial charge in [0.15, 0.2) is 0 Å². The Morgan fingerprint density at radius 2 is 1.96 bits per heavy atom. The highest BCUT2D eigenvalue weighted by molar-refractivity contribution is 5.72. The third kappa shape index (κ3) is 3.94. The molecule has 0 bridgehead atoms. The summed E-state index contributed by atoms with van der Waals surface area (Å²) in [5.41, 5.74) is 2.02. The molecule has 0 spiro atoms. The molecular formula is C20H19F2NO2. The first-order chi connectivity index (χ1) is 12.1. The Morgan fingerprint density at radius 3 is 2.68 bits per heavy atom. The summed E-state index contributed by atoms with van der Waals surface area (Å²) in [5.74, 6) is -1.21. The van der Waals surface area contributed by atoms with Gasteiger partial charge in [0.25, 0.3) is 0 Å². The molecule has 5 heteroatoms. The summed E-state index contributed by atoms with van der Waals surface area (Å²) in [6.07, 6.45) is 2.18. The van der Waals surface area contributed by atoms with Gasteiger partial charge in [0.2, 0.25) is 0 Å². The largest absolute Gasteiger partial charge is 0.469 e. The van der Waals surface area contributed by atoms with Crippen LogP contribution in [0.1, 0.15) is 23.6 Å². The van der Waals surface area contributed by atoms with E-state index in [0.29, 0.717) is 13.1 Å². The van der Waals surface area contributed by atoms with Crippen LogP contribution in [0.2, 0.25) is 0 Å². The number of carbonyl (C=O) groups excluding carboxylic acids is 1. The fraction of sp³-hybridized carbons (Fsp3) is 0.250. The molecule has 25 heavy (non-hydrogen) atoms. The summed E-state index contributed by atoms with van der Waals surface area (Å²) in [6, 6.07) is 13.1. The number of hydrogen-bond acceptors (Lipinski definition) is 3. The van der Waals surface area contributed by atoms with Crippen molar-refractivity contribution >= 4 is 11.5 Å². The molecule has 3 rings (SSSR count). The first-order valence-corrected chi connectivity index (χ1v) is 8.10. The van der Waals surface area contributed by atoms with E-state index in [4.69, 9.17) is 4.74 Å². The molecule has 0 N–H and O–H groups in total. The number of carbonyl (C=O) groups is 1. The van der Waals surface area contributed by atoms with Gasteiger partial charge in [-0.3, -0.25) is 9.69 Å². The molecule has 0 aliphatic carbocycles. The number of esters is 1. The van der Waals surface area contributed by atoms with Gasteiger partial charge < -0.3 is 4.74 Å². The SMILES string of the molecule is COC(=O)CCN1CC(c2cc(F)ccc2F)=C[C@H]1c1ccccc1. The van der Waals surface area contributed by atoms with Gasteiger partial charge in [0, 0.05) is 18.7 Å². The van der Waals surface area contributed by atoms with Crippen molar-refractivity contribution in [3.63, 3.8) is 0 Å². The minimum atomic E-state index is -0.471. The summed E-state index contributed by atoms with van der Waals surface area (Å²) in [7, 11) is 1.35. The van der Waals surface area contributed by atoms with Crippen LogP contribution >= 0.6 is 0 Å². The molecule has 0 amide bonds. The second-order valence-electron chi connectivity index (χ2n) is 5.97. The van der Waals surface area contributed by atoms with E-state index in [0.717, 1.165) is 23.3 Å². The molecule has 0 fully saturated rings. The predicted octanol–water partition coefficient (Wildman–Crippen LogP) is 3.97. The number of ether oxygens (including phenoxy) is 1. The van der Waals surface area contributed by atoms with Gasteiger partial charge in [-0.2, -0.15) is 0 Å². The third-order valence-corrected chi connectivity index (χ3v) is 4.37. The van der Waals surface area contributed by atoms with Crippen LogP contribution in [0.25, 0.3) is 5.57 Å². The molecule has 3 nitrogen and oxygen atoms in total. The topological polar surface area (TPSA) is 29.5 Å². The lowest BCUT2D eigenvalue weighted by Crippen LogP contribution is -2.27. The Balaban J connectivity index is 1.90. The molecule has 0 radical (unpaired) electrons. The van der Waals surface area contributed by atoms with Crippen molar-refractivity contribution in [1.82, 2.24) is 4.90 Å². The minimum Gasteiger partial charge on any atom is -0.469 e. The van der Waals surface area contributed by atoms with Crippen LogP contribution in [0.4, 0.5) is 8.78 Å². The summed E-state index contributed by atoms with van der Waals surface area (Å²) in [5, 5.41) is 0. The van der Waals surface area contributed by atoms with E-state index in [1.807, 2.05) is 36.4 Å². The van der Waals surface area contributed by atoms with E-state index in [2.05, 4.69) is 4.90 Å². The summed E-state index contributed by atoms with van der Waals surface area (Å²) in [6.45, 7) is 0.917. The highest BCUT2D eigenvalue weighted by Crippen LogP contribution is 2.35. The van der Waals surface area contributed by atoms with E-state index in [1.165, 1.54) is 13.2 Å². The van der Waals surface area contributed by atoms with Crippen molar-refractivity contribution in [3.05, 3.63) is 77.4 Å². The lowest BCUT2D eigenvalue weighted by molar-refractivity contribution is -0.141. The Bertz CT molecular complexity index is 790. The van der Waals surface area contributed by atoms with Gasteiger partial charge >= 0.3 is 5.97 Å². The molecule has 2 aromatic rings. The van der Waals surface area contributed by atoms with Crippen molar-refractivity contribution in [1.29, 1.82) is 0 Å². The number of rotatable bonds is 5. The zero-order valence-corrected chi connectivity index (χ0v) is 13.9. The van der Waals surface area contributed by atoms with Crippen LogP contribution in [0, 0.1) is 11.6 Å². The lowest BCUT2D eigenvalue weighted by atomic mass is 10.0. The number of benzene rings is 2. The fourth-order valence-corrected chi connectivity index (χ4v) is 3.10. The first-order valence-electron chi connectivity index (χ1n) is 8.10. The smallest absolute Gasteiger partial charge is 0.306 e. The van der Waals surface area contributed by atoms with E-state index >= 15 is 0 Å². The quantitative estimate of drug-likeness (QED) is 0.770. The van der Waals surface area contributed by atoms with Crippen LogP contribution in [0.15, 0.2) is 54.6 Å². The van der Waals surface area contributed by atoms with Gasteiger partial charge in [-0.25, -0.2) is 8.78 Å². The number of nitrogens with zero attached hydrogens (tertiary/aromatic N) is 1. The Labute approximate surface area is 145 Å². The van der Waals surface area contributed by atoms with Crippen LogP contribution < -0.4 is 0 Å². The molecule has 1 aliphatic heterocycles. The normalized spacial score (nSPS) is 17.4. The molecule has 0 unspecified atom stereocenters. The lowest BCUT2D eigenvalue weighted by Gasteiger charge is -2.24. The van der Waals surface area contributed by atoms with E-state index in [9.17, 15) is 13.6 Å². The minimum absolute atomic E-state index is 0.0940. The maximum absolute atomic E-state index is 14.1. The summed E-state index contributed by atoms with van der Waals surface area (Å²) < 4.78 is 32.4. The predicted molar refractivity (Wildman–Crippen MR) is 91.7 cm³/mol. The number of halogens is 2. The van der Waals surface area contributed by atoms with E-state index in [1.54, 1.807) is 0 Å². The second kappa shape index (κ2) is 7.57. The van der Waals surface area contributed by atoms with Crippen molar-refractivity contribution in [3.8, 4) is 0 Å². The molecule has 1 atom stereocenters. The molecule has 1 aliphatic rings. The van der Waals surface area contributed by atoms with Crippen molar-refractivity contribution in [2.24, 2.45) is 0 Å². The van der Waals surface area contributed by atoms with Gasteiger partial charge in [-0.05, 0) is 29.3 Å². The molecule has 0 saturated carbocycles. The number of methoxy groups -OCH3 is 1. The molecule has 0 aromatic heterocycles. The van der Waals surface area contributed by atoms with Gasteiger partial charge in [0.05, 0.1) is 19.6 Å². The van der Waals surface area contributed by atoms with E-state index < -0.39 is 11.6 Å². The molecule has 2 aromatic carbocycles. The van der Waals surface area contributed by atoms with Crippen LogP contribution in [0.5, 0.6) is 0 Å². The van der Waals surface area contributed by atoms with Crippen LogP contribution in [-0.2, 0) is 9.53 Å². The van der Waals surface area contributed by atoms with E-state index in [-0.39, 0.29) is 24.0 Å². The van der Waals surface area contributed by atoms with Gasteiger partial charge in [-0.1, -0.05) is 36.4 Å². The maximum atomic E-state index is 14.1. The van der Waals surface area contributed by atoms with Gasteiger partial charge in [0.1, 0.15) is 11.6 Å². The molecule has 1 heterocycles. The Kier molecular flexibility index (Phi) is 5.24. The Morgan fingerprint density at radius 1 is 1.20 bits per heavy atom. The Hall–Kier alpha value is -2.53. The standard InChI is InChI=1S/C20H19F2NO2/c1-25-20(24)9-10-23-13-15(17-12-16(21)7-8-18(17)22)11-19(23)14-5-3-2-4-6-14/h2-8,11-12,19H,9-10,13H2,1H3/t19-/m0/s1. The van der Waals surface area contributed by atoms with Crippen LogP contribution in [-0.4, -0.2) is 31.1 Å². The highest BCUT2D eigenvalue weighted by Gasteiger charge is 2.28. The fourth-order valence-electron chi connectivity index (χ4n) is 3.10. The zero-order valence-electron chi connectivity index (χ0n) is 13.9. The molecule has 130 valence electrons. The first kappa shape index (κ1) is 17.3. The van der Waals surface area contributed by atoms with Gasteiger partial charge in [-0.15, -0.1) is 0 Å². The molecule has 0 saturated heterocycles. The third-order valence-electron chi connectivity index (χ3n) is 4.37. The number of hydrogen-bond donors (Lipinski definition) is 0. The highest BCUT2D eigenvalue weighted by atomic mass is 19.1. The molecular weight excluding hydrogens is 324 g/mol. The van der Waals surface area contributed by atoms with Crippen molar-refractivity contribution < 1.29 is 18.3 Å². The monoisotopic (exact) mass is 343 g/mol. The average molecular weight is 343 g/mol. The average Bonchev–Trinajstić information content (AvgIpc) is 3.06.